The van der Waals surface area contributed by atoms with Crippen LogP contribution in [0.25, 0.3) is 0 Å². The maximum Gasteiger partial charge on any atom is 0.333 e. The number of carboxylic acids is 1. The van der Waals surface area contributed by atoms with Gasteiger partial charge in [-0.25, -0.2) is 4.79 Å². The molecule has 0 radical (unpaired) electrons. The molecular weight excluding hydrogens is 160 g/mol. The monoisotopic (exact) mass is 174 g/mol. The average Bonchev–Trinajstić information content (AvgIpc) is 1.98. The van der Waals surface area contributed by atoms with Gasteiger partial charge in [0.15, 0.2) is 0 Å². The molecule has 0 aromatic rings. The van der Waals surface area contributed by atoms with Crippen molar-refractivity contribution in [2.24, 2.45) is 0 Å². The van der Waals surface area contributed by atoms with E-state index in [0.29, 0.717) is 0 Å². The van der Waals surface area contributed by atoms with Crippen molar-refractivity contribution in [2.45, 2.75) is 26.1 Å². The third-order valence-electron chi connectivity index (χ3n) is 1.35. The van der Waals surface area contributed by atoms with Crippen molar-refractivity contribution in [3.05, 3.63) is 12.2 Å². The van der Waals surface area contributed by atoms with Crippen molar-refractivity contribution < 1.29 is 19.7 Å². The zero-order chi connectivity index (χ0) is 9.72. The molecule has 0 heterocycles. The molecule has 0 rings (SSSR count). The molecule has 0 saturated carbocycles. The molecule has 0 aliphatic heterocycles. The summed E-state index contributed by atoms with van der Waals surface area (Å²) >= 11 is 0. The van der Waals surface area contributed by atoms with Gasteiger partial charge in [-0.05, 0) is 13.8 Å². The Bertz CT molecular complexity index is 174. The van der Waals surface area contributed by atoms with Crippen LogP contribution in [0.3, 0.4) is 0 Å². The Kier molecular flexibility index (Phi) is 4.54. The molecule has 4 nitrogen and oxygen atoms in total. The van der Waals surface area contributed by atoms with Gasteiger partial charge in [-0.2, -0.15) is 0 Å². The van der Waals surface area contributed by atoms with Crippen molar-refractivity contribution in [3.8, 4) is 0 Å². The van der Waals surface area contributed by atoms with Gasteiger partial charge in [0, 0.05) is 0 Å². The van der Waals surface area contributed by atoms with Gasteiger partial charge in [0.05, 0.1) is 24.4 Å². The lowest BCUT2D eigenvalue weighted by molar-refractivity contribution is -0.134. The highest BCUT2D eigenvalue weighted by atomic mass is 16.5. The Morgan fingerprint density at radius 3 is 2.42 bits per heavy atom. The van der Waals surface area contributed by atoms with Gasteiger partial charge in [-0.1, -0.05) is 6.58 Å². The molecule has 0 aromatic heterocycles. The van der Waals surface area contributed by atoms with Crippen LogP contribution < -0.4 is 0 Å². The largest absolute Gasteiger partial charge is 0.478 e. The Morgan fingerprint density at radius 2 is 2.08 bits per heavy atom. The van der Waals surface area contributed by atoms with E-state index in [-0.39, 0.29) is 12.2 Å². The summed E-state index contributed by atoms with van der Waals surface area (Å²) in [6.07, 6.45) is -1.15. The van der Waals surface area contributed by atoms with Gasteiger partial charge in [-0.3, -0.25) is 0 Å². The van der Waals surface area contributed by atoms with Gasteiger partial charge in [0.25, 0.3) is 0 Å². The number of aliphatic hydroxyl groups excluding tert-OH is 1. The van der Waals surface area contributed by atoms with Crippen LogP contribution in [0.2, 0.25) is 0 Å². The number of aliphatic hydroxyl groups is 1. The van der Waals surface area contributed by atoms with Gasteiger partial charge in [0.2, 0.25) is 0 Å². The van der Waals surface area contributed by atoms with E-state index >= 15 is 0 Å². The van der Waals surface area contributed by atoms with Gasteiger partial charge < -0.3 is 14.9 Å². The summed E-state index contributed by atoms with van der Waals surface area (Å²) in [5.74, 6) is -1.08. The second-order valence-corrected chi connectivity index (χ2v) is 2.65. The average molecular weight is 174 g/mol. The molecule has 0 aliphatic carbocycles. The zero-order valence-corrected chi connectivity index (χ0v) is 7.28. The minimum atomic E-state index is -1.08. The number of ether oxygens (including phenoxy) is 1. The van der Waals surface area contributed by atoms with Crippen molar-refractivity contribution in [1.29, 1.82) is 0 Å². The minimum Gasteiger partial charge on any atom is -0.478 e. The van der Waals surface area contributed by atoms with E-state index < -0.39 is 18.2 Å². The summed E-state index contributed by atoms with van der Waals surface area (Å²) in [6.45, 7) is 6.59. The Hall–Kier alpha value is -0.870. The lowest BCUT2D eigenvalue weighted by Gasteiger charge is -2.13. The summed E-state index contributed by atoms with van der Waals surface area (Å²) in [4.78, 5) is 10.3. The van der Waals surface area contributed by atoms with Crippen molar-refractivity contribution in [1.82, 2.24) is 0 Å². The highest BCUT2D eigenvalue weighted by Gasteiger charge is 2.14. The maximum atomic E-state index is 10.3. The van der Waals surface area contributed by atoms with E-state index in [1.807, 2.05) is 0 Å². The molecule has 0 aliphatic rings. The first kappa shape index (κ1) is 11.1. The number of carbonyl (C=O) groups is 1. The van der Waals surface area contributed by atoms with E-state index in [1.54, 1.807) is 13.8 Å². The lowest BCUT2D eigenvalue weighted by Crippen LogP contribution is -2.21. The zero-order valence-electron chi connectivity index (χ0n) is 7.28. The molecule has 0 fully saturated rings. The Labute approximate surface area is 71.5 Å². The molecule has 4 heteroatoms. The predicted octanol–water partition coefficient (Wildman–Crippen LogP) is 0.413. The second kappa shape index (κ2) is 4.90. The first-order chi connectivity index (χ1) is 5.45. The smallest absolute Gasteiger partial charge is 0.333 e. The molecule has 0 saturated heterocycles. The van der Waals surface area contributed by atoms with Crippen molar-refractivity contribution in [3.63, 3.8) is 0 Å². The summed E-state index contributed by atoms with van der Waals surface area (Å²) in [6, 6.07) is 0. The third kappa shape index (κ3) is 4.10. The first-order valence-electron chi connectivity index (χ1n) is 3.67. The SMILES string of the molecule is C=C(C(=O)O)C(C)OCC(C)O. The van der Waals surface area contributed by atoms with E-state index in [9.17, 15) is 4.79 Å². The van der Waals surface area contributed by atoms with Crippen molar-refractivity contribution >= 4 is 5.97 Å². The van der Waals surface area contributed by atoms with Crippen LogP contribution in [0.5, 0.6) is 0 Å². The molecule has 70 valence electrons. The molecule has 0 bridgehead atoms. The fourth-order valence-electron chi connectivity index (χ4n) is 0.558. The Balaban J connectivity index is 3.80. The number of aliphatic carboxylic acids is 1. The van der Waals surface area contributed by atoms with E-state index in [2.05, 4.69) is 6.58 Å². The van der Waals surface area contributed by atoms with Gasteiger partial charge >= 0.3 is 5.97 Å². The molecule has 0 spiro atoms. The maximum absolute atomic E-state index is 10.3. The van der Waals surface area contributed by atoms with Crippen LogP contribution in [0.4, 0.5) is 0 Å². The summed E-state index contributed by atoms with van der Waals surface area (Å²) in [5.41, 5.74) is -0.00403. The van der Waals surface area contributed by atoms with Crippen LogP contribution in [-0.2, 0) is 9.53 Å². The third-order valence-corrected chi connectivity index (χ3v) is 1.35. The number of rotatable bonds is 5. The van der Waals surface area contributed by atoms with Crippen LogP contribution in [-0.4, -0.2) is 35.0 Å². The summed E-state index contributed by atoms with van der Waals surface area (Å²) < 4.78 is 5.00. The van der Waals surface area contributed by atoms with Gasteiger partial charge in [0.1, 0.15) is 0 Å². The standard InChI is InChI=1S/C8H14O4/c1-5(9)4-12-7(3)6(2)8(10)11/h5,7,9H,2,4H2,1,3H3,(H,10,11). The molecular formula is C8H14O4. The molecule has 2 atom stereocenters. The van der Waals surface area contributed by atoms with Crippen LogP contribution in [0, 0.1) is 0 Å². The normalized spacial score (nSPS) is 15.2. The number of hydrogen-bond donors (Lipinski definition) is 2. The first-order valence-corrected chi connectivity index (χ1v) is 3.67. The molecule has 12 heavy (non-hydrogen) atoms. The fourth-order valence-corrected chi connectivity index (χ4v) is 0.558. The highest BCUT2D eigenvalue weighted by Crippen LogP contribution is 2.04. The van der Waals surface area contributed by atoms with Gasteiger partial charge in [-0.15, -0.1) is 0 Å². The van der Waals surface area contributed by atoms with Crippen LogP contribution in [0.1, 0.15) is 13.8 Å². The topological polar surface area (TPSA) is 66.8 Å². The molecule has 2 unspecified atom stereocenters. The molecule has 0 aromatic carbocycles. The van der Waals surface area contributed by atoms with Crippen LogP contribution in [0.15, 0.2) is 12.2 Å². The predicted molar refractivity (Wildman–Crippen MR) is 43.9 cm³/mol. The number of carboxylic acid groups (broad SMARTS) is 1. The summed E-state index contributed by atoms with van der Waals surface area (Å²) in [7, 11) is 0. The van der Waals surface area contributed by atoms with Crippen molar-refractivity contribution in [2.75, 3.05) is 6.61 Å². The summed E-state index contributed by atoms with van der Waals surface area (Å²) in [5, 5.41) is 17.3. The fraction of sp³-hybridized carbons (Fsp3) is 0.625. The quantitative estimate of drug-likeness (QED) is 0.592. The van der Waals surface area contributed by atoms with Crippen LogP contribution >= 0.6 is 0 Å². The number of hydrogen-bond acceptors (Lipinski definition) is 3. The molecule has 0 amide bonds. The Morgan fingerprint density at radius 1 is 1.58 bits per heavy atom. The second-order valence-electron chi connectivity index (χ2n) is 2.65. The highest BCUT2D eigenvalue weighted by molar-refractivity contribution is 5.86. The minimum absolute atomic E-state index is 0.00403. The van der Waals surface area contributed by atoms with E-state index in [0.717, 1.165) is 0 Å². The van der Waals surface area contributed by atoms with E-state index in [4.69, 9.17) is 14.9 Å². The lowest BCUT2D eigenvalue weighted by atomic mass is 10.2. The van der Waals surface area contributed by atoms with E-state index in [1.165, 1.54) is 0 Å². The molecule has 2 N–H and O–H groups in total.